The van der Waals surface area contributed by atoms with Gasteiger partial charge in [0.2, 0.25) is 0 Å². The summed E-state index contributed by atoms with van der Waals surface area (Å²) in [5.74, 6) is -3.13. The van der Waals surface area contributed by atoms with Crippen LogP contribution in [-0.2, 0) is 16.2 Å². The van der Waals surface area contributed by atoms with E-state index in [1.807, 2.05) is 0 Å². The first-order valence-electron chi connectivity index (χ1n) is 10.1. The van der Waals surface area contributed by atoms with Crippen molar-refractivity contribution in [3.8, 4) is 5.75 Å². The van der Waals surface area contributed by atoms with Gasteiger partial charge in [0.05, 0.1) is 11.3 Å². The molecular formula is C25H16BrFN2O6. The summed E-state index contributed by atoms with van der Waals surface area (Å²) in [7, 11) is 0. The molecule has 10 heteroatoms. The van der Waals surface area contributed by atoms with Gasteiger partial charge in [-0.05, 0) is 54.6 Å². The van der Waals surface area contributed by atoms with Crippen LogP contribution < -0.4 is 15.0 Å². The van der Waals surface area contributed by atoms with Crippen LogP contribution in [0.3, 0.4) is 0 Å². The lowest BCUT2D eigenvalue weighted by Crippen LogP contribution is -2.54. The highest BCUT2D eigenvalue weighted by Gasteiger charge is 2.37. The summed E-state index contributed by atoms with van der Waals surface area (Å²) in [6, 6.07) is 15.1. The number of halogens is 2. The predicted octanol–water partition coefficient (Wildman–Crippen LogP) is 4.53. The average molecular weight is 539 g/mol. The Morgan fingerprint density at radius 3 is 2.46 bits per heavy atom. The number of barbiturate groups is 1. The van der Waals surface area contributed by atoms with Crippen LogP contribution in [0.25, 0.3) is 6.08 Å². The lowest BCUT2D eigenvalue weighted by Gasteiger charge is -2.26. The number of carboxylic acids is 1. The van der Waals surface area contributed by atoms with E-state index in [2.05, 4.69) is 21.2 Å². The molecule has 1 aliphatic heterocycles. The van der Waals surface area contributed by atoms with E-state index >= 15 is 0 Å². The first kappa shape index (κ1) is 23.8. The Kier molecular flexibility index (Phi) is 6.74. The van der Waals surface area contributed by atoms with Gasteiger partial charge in [-0.15, -0.1) is 0 Å². The summed E-state index contributed by atoms with van der Waals surface area (Å²) < 4.78 is 20.4. The molecule has 1 fully saturated rings. The van der Waals surface area contributed by atoms with Crippen molar-refractivity contribution < 1.29 is 33.4 Å². The predicted molar refractivity (Wildman–Crippen MR) is 127 cm³/mol. The topological polar surface area (TPSA) is 113 Å². The fourth-order valence-electron chi connectivity index (χ4n) is 3.34. The summed E-state index contributed by atoms with van der Waals surface area (Å²) in [6.45, 7) is -0.0921. The van der Waals surface area contributed by atoms with E-state index in [1.54, 1.807) is 36.4 Å². The number of urea groups is 1. The maximum absolute atomic E-state index is 14.0. The van der Waals surface area contributed by atoms with E-state index in [4.69, 9.17) is 9.84 Å². The number of ether oxygens (including phenoxy) is 1. The van der Waals surface area contributed by atoms with Crippen molar-refractivity contribution in [1.29, 1.82) is 0 Å². The zero-order valence-corrected chi connectivity index (χ0v) is 19.4. The second kappa shape index (κ2) is 9.90. The number of anilines is 1. The molecule has 8 nitrogen and oxygen atoms in total. The largest absolute Gasteiger partial charge is 0.488 e. The second-order valence-electron chi connectivity index (χ2n) is 7.37. The molecule has 1 saturated heterocycles. The van der Waals surface area contributed by atoms with Crippen LogP contribution in [0, 0.1) is 5.82 Å². The van der Waals surface area contributed by atoms with Crippen LogP contribution in [0.1, 0.15) is 21.5 Å². The number of carbonyl (C=O) groups excluding carboxylic acids is 3. The number of benzene rings is 3. The minimum atomic E-state index is -1.17. The standard InChI is InChI=1S/C25H16BrFN2O6/c26-17-7-10-21(35-13-15-3-1-2-4-20(15)27)16(11-17)12-19-22(30)28-25(34)29(23(19)31)18-8-5-14(6-9-18)24(32)33/h1-12H,13H2,(H,32,33)(H,28,30,34)/b19-12+. The highest BCUT2D eigenvalue weighted by molar-refractivity contribution is 9.10. The van der Waals surface area contributed by atoms with Crippen LogP contribution in [-0.4, -0.2) is 28.9 Å². The van der Waals surface area contributed by atoms with Gasteiger partial charge < -0.3 is 9.84 Å². The molecule has 0 bridgehead atoms. The molecule has 0 atom stereocenters. The lowest BCUT2D eigenvalue weighted by atomic mass is 10.1. The number of nitrogens with zero attached hydrogens (tertiary/aromatic N) is 1. The van der Waals surface area contributed by atoms with E-state index in [0.717, 1.165) is 4.90 Å². The fraction of sp³-hybridized carbons (Fsp3) is 0.0400. The van der Waals surface area contributed by atoms with Gasteiger partial charge in [0.25, 0.3) is 11.8 Å². The molecule has 0 unspecified atom stereocenters. The third-order valence-corrected chi connectivity index (χ3v) is 5.58. The highest BCUT2D eigenvalue weighted by Crippen LogP contribution is 2.29. The summed E-state index contributed by atoms with van der Waals surface area (Å²) in [5.41, 5.74) is 0.366. The number of carboxylic acid groups (broad SMARTS) is 1. The molecule has 2 N–H and O–H groups in total. The molecule has 0 saturated carbocycles. The zero-order chi connectivity index (χ0) is 25.1. The average Bonchev–Trinajstić information content (AvgIpc) is 2.82. The minimum absolute atomic E-state index is 0.0313. The van der Waals surface area contributed by atoms with Crippen LogP contribution in [0.4, 0.5) is 14.9 Å². The number of aromatic carboxylic acids is 1. The first-order chi connectivity index (χ1) is 16.7. The van der Waals surface area contributed by atoms with Crippen molar-refractivity contribution in [2.45, 2.75) is 6.61 Å². The van der Waals surface area contributed by atoms with E-state index < -0.39 is 29.6 Å². The van der Waals surface area contributed by atoms with Gasteiger partial charge in [-0.1, -0.05) is 34.1 Å². The third kappa shape index (κ3) is 5.12. The Labute approximate surface area is 206 Å². The molecule has 3 aromatic carbocycles. The Balaban J connectivity index is 1.67. The Hall–Kier alpha value is -4.31. The minimum Gasteiger partial charge on any atom is -0.488 e. The molecule has 0 aliphatic carbocycles. The maximum Gasteiger partial charge on any atom is 0.335 e. The number of amides is 4. The molecule has 0 radical (unpaired) electrons. The monoisotopic (exact) mass is 538 g/mol. The molecular weight excluding hydrogens is 523 g/mol. The summed E-state index contributed by atoms with van der Waals surface area (Å²) in [6.07, 6.45) is 1.27. The fourth-order valence-corrected chi connectivity index (χ4v) is 3.71. The van der Waals surface area contributed by atoms with Crippen LogP contribution in [0.5, 0.6) is 5.75 Å². The number of hydrogen-bond donors (Lipinski definition) is 2. The van der Waals surface area contributed by atoms with Gasteiger partial charge in [-0.25, -0.2) is 18.9 Å². The number of hydrogen-bond acceptors (Lipinski definition) is 5. The number of imide groups is 2. The van der Waals surface area contributed by atoms with Crippen molar-refractivity contribution in [3.63, 3.8) is 0 Å². The number of nitrogens with one attached hydrogen (secondary N) is 1. The second-order valence-corrected chi connectivity index (χ2v) is 8.29. The van der Waals surface area contributed by atoms with Gasteiger partial charge in [-0.2, -0.15) is 0 Å². The zero-order valence-electron chi connectivity index (χ0n) is 17.8. The van der Waals surface area contributed by atoms with Crippen molar-refractivity contribution in [1.82, 2.24) is 5.32 Å². The van der Waals surface area contributed by atoms with Crippen molar-refractivity contribution in [3.05, 3.63) is 99.3 Å². The molecule has 176 valence electrons. The Morgan fingerprint density at radius 1 is 1.06 bits per heavy atom. The van der Waals surface area contributed by atoms with E-state index in [1.165, 1.54) is 36.4 Å². The van der Waals surface area contributed by atoms with Gasteiger partial charge >= 0.3 is 12.0 Å². The van der Waals surface area contributed by atoms with Gasteiger partial charge in [-0.3, -0.25) is 14.9 Å². The molecule has 3 aromatic rings. The van der Waals surface area contributed by atoms with Gasteiger partial charge in [0, 0.05) is 15.6 Å². The molecule has 4 amide bonds. The molecule has 0 aromatic heterocycles. The summed E-state index contributed by atoms with van der Waals surface area (Å²) in [5, 5.41) is 11.2. The SMILES string of the molecule is O=C1NC(=O)N(c2ccc(C(=O)O)cc2)C(=O)/C1=C/c1cc(Br)ccc1OCc1ccccc1F. The molecule has 0 spiro atoms. The Morgan fingerprint density at radius 2 is 1.77 bits per heavy atom. The number of rotatable bonds is 6. The van der Waals surface area contributed by atoms with E-state index in [0.29, 0.717) is 15.6 Å². The summed E-state index contributed by atoms with van der Waals surface area (Å²) >= 11 is 3.33. The highest BCUT2D eigenvalue weighted by atomic mass is 79.9. The van der Waals surface area contributed by atoms with Crippen LogP contribution in [0.15, 0.2) is 76.8 Å². The maximum atomic E-state index is 14.0. The molecule has 35 heavy (non-hydrogen) atoms. The summed E-state index contributed by atoms with van der Waals surface area (Å²) in [4.78, 5) is 49.9. The van der Waals surface area contributed by atoms with E-state index in [-0.39, 0.29) is 29.2 Å². The first-order valence-corrected chi connectivity index (χ1v) is 10.9. The van der Waals surface area contributed by atoms with Gasteiger partial charge in [0.15, 0.2) is 0 Å². The lowest BCUT2D eigenvalue weighted by molar-refractivity contribution is -0.122. The third-order valence-electron chi connectivity index (χ3n) is 5.09. The molecule has 1 heterocycles. The quantitative estimate of drug-likeness (QED) is 0.352. The normalized spacial score (nSPS) is 14.7. The number of carbonyl (C=O) groups is 4. The Bertz CT molecular complexity index is 1390. The van der Waals surface area contributed by atoms with Gasteiger partial charge in [0.1, 0.15) is 23.7 Å². The molecule has 1 aliphatic rings. The smallest absolute Gasteiger partial charge is 0.335 e. The van der Waals surface area contributed by atoms with E-state index in [9.17, 15) is 23.6 Å². The van der Waals surface area contributed by atoms with Crippen molar-refractivity contribution in [2.24, 2.45) is 0 Å². The van der Waals surface area contributed by atoms with Crippen LogP contribution >= 0.6 is 15.9 Å². The van der Waals surface area contributed by atoms with Crippen molar-refractivity contribution >= 4 is 51.5 Å². The van der Waals surface area contributed by atoms with Crippen molar-refractivity contribution in [2.75, 3.05) is 4.90 Å². The molecule has 4 rings (SSSR count). The van der Waals surface area contributed by atoms with Crippen LogP contribution in [0.2, 0.25) is 0 Å².